The normalized spacial score (nSPS) is 14.7. The van der Waals surface area contributed by atoms with Crippen molar-refractivity contribution in [1.29, 1.82) is 0 Å². The van der Waals surface area contributed by atoms with E-state index in [1.165, 1.54) is 35.3 Å². The van der Waals surface area contributed by atoms with Crippen LogP contribution in [0.5, 0.6) is 5.75 Å². The average Bonchev–Trinajstić information content (AvgIpc) is 3.33. The summed E-state index contributed by atoms with van der Waals surface area (Å²) in [5.74, 6) is 0.129. The van der Waals surface area contributed by atoms with Crippen LogP contribution in [0.3, 0.4) is 0 Å². The van der Waals surface area contributed by atoms with Gasteiger partial charge in [-0.2, -0.15) is 4.31 Å². The average molecular weight is 488 g/mol. The molecule has 1 aliphatic heterocycles. The van der Waals surface area contributed by atoms with Crippen molar-refractivity contribution in [3.8, 4) is 11.4 Å². The molecule has 1 aromatic heterocycles. The molecule has 1 amide bonds. The van der Waals surface area contributed by atoms with Crippen LogP contribution in [-0.2, 0) is 14.8 Å². The highest BCUT2D eigenvalue weighted by Crippen LogP contribution is 2.30. The number of hydrogen-bond acceptors (Lipinski definition) is 7. The van der Waals surface area contributed by atoms with Gasteiger partial charge in [0.05, 0.1) is 29.1 Å². The number of benzene rings is 2. The Labute approximate surface area is 197 Å². The van der Waals surface area contributed by atoms with Gasteiger partial charge in [0, 0.05) is 13.1 Å². The molecule has 1 saturated heterocycles. The van der Waals surface area contributed by atoms with Crippen LogP contribution in [-0.4, -0.2) is 59.3 Å². The van der Waals surface area contributed by atoms with Crippen molar-refractivity contribution in [3.05, 3.63) is 54.9 Å². The zero-order chi connectivity index (χ0) is 23.3. The van der Waals surface area contributed by atoms with Crippen LogP contribution < -0.4 is 10.1 Å². The highest BCUT2D eigenvalue weighted by atomic mass is 32.2. The first-order valence-corrected chi connectivity index (χ1v) is 13.0. The Hall–Kier alpha value is -2.89. The molecule has 0 aliphatic carbocycles. The fraction of sp³-hybridized carbons (Fsp3) is 0.318. The zero-order valence-electron chi connectivity index (χ0n) is 18.2. The molecular formula is C22H25N5O4S2. The summed E-state index contributed by atoms with van der Waals surface area (Å²) >= 11 is 1.19. The summed E-state index contributed by atoms with van der Waals surface area (Å²) in [6.07, 6.45) is 4.33. The van der Waals surface area contributed by atoms with Gasteiger partial charge >= 0.3 is 0 Å². The molecule has 0 atom stereocenters. The van der Waals surface area contributed by atoms with Crippen molar-refractivity contribution in [2.45, 2.75) is 29.3 Å². The first kappa shape index (κ1) is 23.3. The van der Waals surface area contributed by atoms with E-state index in [1.807, 2.05) is 30.3 Å². The van der Waals surface area contributed by atoms with Crippen LogP contribution in [0.15, 0.2) is 64.9 Å². The fourth-order valence-electron chi connectivity index (χ4n) is 3.54. The summed E-state index contributed by atoms with van der Waals surface area (Å²) in [5, 5.41) is 7.59. The number of thioether (sulfide) groups is 1. The molecular weight excluding hydrogens is 462 g/mol. The molecule has 0 radical (unpaired) electrons. The minimum Gasteiger partial charge on any atom is -0.495 e. The van der Waals surface area contributed by atoms with E-state index in [2.05, 4.69) is 15.4 Å². The molecule has 174 valence electrons. The number of methoxy groups -OCH3 is 1. The Kier molecular flexibility index (Phi) is 7.31. The molecule has 0 spiro atoms. The summed E-state index contributed by atoms with van der Waals surface area (Å²) in [4.78, 5) is 16.9. The van der Waals surface area contributed by atoms with E-state index in [0.717, 1.165) is 24.9 Å². The number of rotatable bonds is 8. The SMILES string of the molecule is COc1ccc(S(=O)(=O)N2CCCCC2)cc1NC(=O)CSc1ncn(-c2ccccc2)n1. The van der Waals surface area contributed by atoms with Crippen molar-refractivity contribution in [3.63, 3.8) is 0 Å². The van der Waals surface area contributed by atoms with Gasteiger partial charge in [0.15, 0.2) is 0 Å². The van der Waals surface area contributed by atoms with Gasteiger partial charge in [-0.3, -0.25) is 4.79 Å². The number of amides is 1. The van der Waals surface area contributed by atoms with Gasteiger partial charge in [-0.05, 0) is 43.2 Å². The number of aromatic nitrogens is 3. The molecule has 0 bridgehead atoms. The molecule has 3 aromatic rings. The van der Waals surface area contributed by atoms with Crippen LogP contribution in [0, 0.1) is 0 Å². The van der Waals surface area contributed by atoms with Crippen LogP contribution in [0.1, 0.15) is 19.3 Å². The highest BCUT2D eigenvalue weighted by Gasteiger charge is 2.27. The molecule has 2 heterocycles. The van der Waals surface area contributed by atoms with Gasteiger partial charge in [-0.1, -0.05) is 36.4 Å². The van der Waals surface area contributed by atoms with E-state index >= 15 is 0 Å². The number of hydrogen-bond donors (Lipinski definition) is 1. The molecule has 9 nitrogen and oxygen atoms in total. The smallest absolute Gasteiger partial charge is 0.243 e. The second-order valence-corrected chi connectivity index (χ2v) is 10.4. The number of carbonyl (C=O) groups excluding carboxylic acids is 1. The minimum absolute atomic E-state index is 0.0606. The summed E-state index contributed by atoms with van der Waals surface area (Å²) < 4.78 is 34.5. The maximum absolute atomic E-state index is 13.0. The van der Waals surface area contributed by atoms with Gasteiger partial charge in [0.25, 0.3) is 0 Å². The summed E-state index contributed by atoms with van der Waals surface area (Å²) in [6.45, 7) is 1.02. The van der Waals surface area contributed by atoms with E-state index in [9.17, 15) is 13.2 Å². The van der Waals surface area contributed by atoms with Crippen molar-refractivity contribution in [2.75, 3.05) is 31.3 Å². The Balaban J connectivity index is 1.43. The molecule has 1 N–H and O–H groups in total. The maximum Gasteiger partial charge on any atom is 0.243 e. The van der Waals surface area contributed by atoms with E-state index in [-0.39, 0.29) is 16.6 Å². The largest absolute Gasteiger partial charge is 0.495 e. The Morgan fingerprint density at radius 3 is 2.61 bits per heavy atom. The molecule has 1 aliphatic rings. The number of para-hydroxylation sites is 1. The molecule has 2 aromatic carbocycles. The number of nitrogens with one attached hydrogen (secondary N) is 1. The molecule has 11 heteroatoms. The monoisotopic (exact) mass is 487 g/mol. The van der Waals surface area contributed by atoms with E-state index in [0.29, 0.717) is 29.7 Å². The number of sulfonamides is 1. The summed E-state index contributed by atoms with van der Waals surface area (Å²) in [5.41, 5.74) is 1.18. The topological polar surface area (TPSA) is 106 Å². The third-order valence-electron chi connectivity index (χ3n) is 5.22. The van der Waals surface area contributed by atoms with Gasteiger partial charge in [0.1, 0.15) is 12.1 Å². The van der Waals surface area contributed by atoms with Crippen molar-refractivity contribution >= 4 is 33.4 Å². The van der Waals surface area contributed by atoms with E-state index < -0.39 is 10.0 Å². The van der Waals surface area contributed by atoms with Crippen LogP contribution in [0.2, 0.25) is 0 Å². The Morgan fingerprint density at radius 2 is 1.88 bits per heavy atom. The predicted octanol–water partition coefficient (Wildman–Crippen LogP) is 3.18. The van der Waals surface area contributed by atoms with Crippen LogP contribution >= 0.6 is 11.8 Å². The van der Waals surface area contributed by atoms with Gasteiger partial charge in [0.2, 0.25) is 21.1 Å². The summed E-state index contributed by atoms with van der Waals surface area (Å²) in [7, 11) is -2.15. The Bertz CT molecular complexity index is 1210. The third-order valence-corrected chi connectivity index (χ3v) is 7.97. The van der Waals surface area contributed by atoms with E-state index in [4.69, 9.17) is 4.74 Å². The standard InChI is InChI=1S/C22H25N5O4S2/c1-31-20-11-10-18(33(29,30)26-12-6-3-7-13-26)14-19(20)24-21(28)15-32-22-23-16-27(25-22)17-8-4-2-5-9-17/h2,4-5,8-11,14,16H,3,6-7,12-13,15H2,1H3,(H,24,28). The lowest BCUT2D eigenvalue weighted by atomic mass is 10.2. The quantitative estimate of drug-likeness (QED) is 0.486. The van der Waals surface area contributed by atoms with Crippen LogP contribution in [0.25, 0.3) is 5.69 Å². The second kappa shape index (κ2) is 10.4. The summed E-state index contributed by atoms with van der Waals surface area (Å²) in [6, 6.07) is 14.1. The molecule has 33 heavy (non-hydrogen) atoms. The van der Waals surface area contributed by atoms with Crippen LogP contribution in [0.4, 0.5) is 5.69 Å². The lowest BCUT2D eigenvalue weighted by molar-refractivity contribution is -0.113. The Morgan fingerprint density at radius 1 is 1.12 bits per heavy atom. The molecule has 0 unspecified atom stereocenters. The van der Waals surface area contributed by atoms with Crippen molar-refractivity contribution in [2.24, 2.45) is 0 Å². The zero-order valence-corrected chi connectivity index (χ0v) is 19.8. The number of nitrogens with zero attached hydrogens (tertiary/aromatic N) is 4. The van der Waals surface area contributed by atoms with Crippen molar-refractivity contribution in [1.82, 2.24) is 19.1 Å². The highest BCUT2D eigenvalue weighted by molar-refractivity contribution is 7.99. The minimum atomic E-state index is -3.63. The first-order valence-electron chi connectivity index (χ1n) is 10.6. The van der Waals surface area contributed by atoms with E-state index in [1.54, 1.807) is 17.1 Å². The number of ether oxygens (including phenoxy) is 1. The molecule has 4 rings (SSSR count). The van der Waals surface area contributed by atoms with Gasteiger partial charge in [-0.15, -0.1) is 5.10 Å². The van der Waals surface area contributed by atoms with Gasteiger partial charge in [-0.25, -0.2) is 18.1 Å². The second-order valence-electron chi connectivity index (χ2n) is 7.47. The molecule has 1 fully saturated rings. The third kappa shape index (κ3) is 5.55. The predicted molar refractivity (Wildman–Crippen MR) is 126 cm³/mol. The lowest BCUT2D eigenvalue weighted by Crippen LogP contribution is -2.35. The van der Waals surface area contributed by atoms with Crippen molar-refractivity contribution < 1.29 is 17.9 Å². The van der Waals surface area contributed by atoms with Gasteiger partial charge < -0.3 is 10.1 Å². The fourth-order valence-corrected chi connectivity index (χ4v) is 5.68. The molecule has 0 saturated carbocycles. The number of anilines is 1. The number of carbonyl (C=O) groups is 1. The lowest BCUT2D eigenvalue weighted by Gasteiger charge is -2.26. The maximum atomic E-state index is 13.0. The first-order chi connectivity index (χ1) is 16.0. The number of piperidine rings is 1.